The molecule has 0 amide bonds. The molecule has 0 N–H and O–H groups in total. The van der Waals surface area contributed by atoms with Crippen molar-refractivity contribution in [1.82, 2.24) is 0 Å². The quantitative estimate of drug-likeness (QED) is 0.155. The minimum Gasteiger partial charge on any atom is -0.364 e. The Balaban J connectivity index is 1.98. The Morgan fingerprint density at radius 1 is 0.650 bits per heavy atom. The number of nitro groups is 1. The molecule has 7 heteroatoms. The lowest BCUT2D eigenvalue weighted by molar-refractivity contribution is -0.384. The fourth-order valence-corrected chi connectivity index (χ4v) is 5.60. The van der Waals surface area contributed by atoms with Gasteiger partial charge in [0, 0.05) is 41.5 Å². The topological polar surface area (TPSA) is 66.7 Å². The van der Waals surface area contributed by atoms with E-state index in [1.807, 2.05) is 12.4 Å². The van der Waals surface area contributed by atoms with Crippen LogP contribution in [0, 0.1) is 10.1 Å². The molecule has 1 aliphatic rings. The first kappa shape index (κ1) is 29.1. The minimum absolute atomic E-state index is 0.0331. The Kier molecular flexibility index (Phi) is 8.52. The molecular weight excluding hydrogens is 497 g/mol. The molecule has 0 bridgehead atoms. The maximum atomic E-state index is 14.5. The molecule has 1 aliphatic heterocycles. The number of nitro benzene ring substituents is 1. The van der Waals surface area contributed by atoms with E-state index in [9.17, 15) is 14.9 Å². The lowest BCUT2D eigenvalue weighted by Crippen LogP contribution is -2.52. The molecule has 208 valence electrons. The van der Waals surface area contributed by atoms with Gasteiger partial charge in [-0.15, -0.1) is 0 Å². The maximum Gasteiger partial charge on any atom is 0.464 e. The SMILES string of the molecule is CC(C)c1cccc(C(C)C)c1N1C=CN(c2c(C(C)C)cccc2C(C)C)B1C(=O)c1ccc([N+](=O)[O-])cc1. The van der Waals surface area contributed by atoms with Crippen molar-refractivity contribution in [2.75, 3.05) is 9.62 Å². The van der Waals surface area contributed by atoms with E-state index >= 15 is 0 Å². The predicted octanol–water partition coefficient (Wildman–Crippen LogP) is 8.80. The van der Waals surface area contributed by atoms with Gasteiger partial charge in [-0.2, -0.15) is 0 Å². The molecule has 0 fully saturated rings. The predicted molar refractivity (Wildman–Crippen MR) is 167 cm³/mol. The fraction of sp³-hybridized carbons (Fsp3) is 0.364. The van der Waals surface area contributed by atoms with Crippen LogP contribution in [0.25, 0.3) is 0 Å². The molecule has 0 spiro atoms. The number of hydrogen-bond acceptors (Lipinski definition) is 5. The standard InChI is InChI=1S/C33H40BN3O3/c1-21(2)27-11-9-12-28(22(3)4)31(27)35-19-20-36(32-29(23(5)6)13-10-14-30(32)24(7)8)34(35)33(38)25-15-17-26(18-16-25)37(39)40/h9-24H,1-8H3. The summed E-state index contributed by atoms with van der Waals surface area (Å²) in [5.74, 6) is 1.00. The van der Waals surface area contributed by atoms with Gasteiger partial charge >= 0.3 is 6.98 Å². The van der Waals surface area contributed by atoms with Crippen molar-refractivity contribution in [3.05, 3.63) is 111 Å². The summed E-state index contributed by atoms with van der Waals surface area (Å²) in [6, 6.07) is 18.8. The van der Waals surface area contributed by atoms with Gasteiger partial charge in [-0.25, -0.2) is 0 Å². The van der Waals surface area contributed by atoms with E-state index in [2.05, 4.69) is 101 Å². The molecule has 0 aliphatic carbocycles. The molecule has 0 saturated heterocycles. The molecule has 0 unspecified atom stereocenters. The number of carbonyl (C=O) groups excluding carboxylic acids is 1. The highest BCUT2D eigenvalue weighted by Gasteiger charge is 2.44. The van der Waals surface area contributed by atoms with Gasteiger partial charge in [-0.1, -0.05) is 91.8 Å². The smallest absolute Gasteiger partial charge is 0.364 e. The molecule has 4 rings (SSSR count). The van der Waals surface area contributed by atoms with E-state index in [0.29, 0.717) is 5.56 Å². The number of nitrogens with zero attached hydrogens (tertiary/aromatic N) is 3. The van der Waals surface area contributed by atoms with Crippen molar-refractivity contribution in [2.45, 2.75) is 79.1 Å². The molecular formula is C33H40BN3O3. The van der Waals surface area contributed by atoms with Gasteiger partial charge in [0.25, 0.3) is 5.69 Å². The van der Waals surface area contributed by atoms with Crippen LogP contribution in [-0.2, 0) is 0 Å². The minimum atomic E-state index is -0.684. The largest absolute Gasteiger partial charge is 0.464 e. The Labute approximate surface area is 239 Å². The van der Waals surface area contributed by atoms with Gasteiger partial charge in [-0.3, -0.25) is 10.1 Å². The summed E-state index contributed by atoms with van der Waals surface area (Å²) in [5.41, 5.74) is 7.13. The zero-order valence-corrected chi connectivity index (χ0v) is 24.9. The Bertz CT molecular complexity index is 1300. The molecule has 3 aromatic rings. The first-order chi connectivity index (χ1) is 18.9. The zero-order chi connectivity index (χ0) is 29.3. The van der Waals surface area contributed by atoms with E-state index in [4.69, 9.17) is 0 Å². The third-order valence-electron chi connectivity index (χ3n) is 7.71. The normalized spacial score (nSPS) is 13.4. The highest BCUT2D eigenvalue weighted by molar-refractivity contribution is 6.98. The summed E-state index contributed by atoms with van der Waals surface area (Å²) in [4.78, 5) is 29.6. The summed E-state index contributed by atoms with van der Waals surface area (Å²) in [6.07, 6.45) is 4.06. The molecule has 1 heterocycles. The van der Waals surface area contributed by atoms with Crippen LogP contribution in [0.3, 0.4) is 0 Å². The molecule has 0 aromatic heterocycles. The van der Waals surface area contributed by atoms with Crippen molar-refractivity contribution >= 4 is 29.7 Å². The number of rotatable bonds is 9. The molecule has 40 heavy (non-hydrogen) atoms. The molecule has 0 atom stereocenters. The highest BCUT2D eigenvalue weighted by atomic mass is 16.6. The summed E-state index contributed by atoms with van der Waals surface area (Å²) in [6.45, 7) is 16.7. The molecule has 0 radical (unpaired) electrons. The second kappa shape index (κ2) is 11.7. The lowest BCUT2D eigenvalue weighted by Gasteiger charge is -2.35. The lowest BCUT2D eigenvalue weighted by atomic mass is 9.63. The Morgan fingerprint density at radius 2 is 1.00 bits per heavy atom. The third kappa shape index (κ3) is 5.42. The monoisotopic (exact) mass is 537 g/mol. The maximum absolute atomic E-state index is 14.5. The van der Waals surface area contributed by atoms with Gasteiger partial charge in [0.2, 0.25) is 0 Å². The first-order valence-corrected chi connectivity index (χ1v) is 14.2. The van der Waals surface area contributed by atoms with Crippen molar-refractivity contribution < 1.29 is 9.72 Å². The second-order valence-corrected chi connectivity index (χ2v) is 11.8. The number of para-hydroxylation sites is 2. The van der Waals surface area contributed by atoms with Crippen molar-refractivity contribution in [2.24, 2.45) is 0 Å². The fourth-order valence-electron chi connectivity index (χ4n) is 5.60. The number of anilines is 2. The Hall–Kier alpha value is -3.87. The number of carbonyl (C=O) groups is 1. The van der Waals surface area contributed by atoms with Crippen molar-refractivity contribution in [1.29, 1.82) is 0 Å². The summed E-state index contributed by atoms with van der Waals surface area (Å²) < 4.78 is 0. The first-order valence-electron chi connectivity index (χ1n) is 14.2. The average molecular weight is 538 g/mol. The van der Waals surface area contributed by atoms with E-state index in [1.165, 1.54) is 34.4 Å². The van der Waals surface area contributed by atoms with Gasteiger partial charge in [0.05, 0.1) is 4.92 Å². The van der Waals surface area contributed by atoms with Gasteiger partial charge in [-0.05, 0) is 58.1 Å². The van der Waals surface area contributed by atoms with Gasteiger partial charge in [0.15, 0.2) is 5.68 Å². The summed E-state index contributed by atoms with van der Waals surface area (Å²) in [7, 11) is 0. The van der Waals surface area contributed by atoms with Crippen LogP contribution in [0.2, 0.25) is 0 Å². The van der Waals surface area contributed by atoms with Crippen LogP contribution in [0.15, 0.2) is 73.1 Å². The number of hydrogen-bond donors (Lipinski definition) is 0. The average Bonchev–Trinajstić information content (AvgIpc) is 3.36. The number of non-ortho nitro benzene ring substituents is 1. The molecule has 3 aromatic carbocycles. The summed E-state index contributed by atoms with van der Waals surface area (Å²) in [5, 5.41) is 11.3. The van der Waals surface area contributed by atoms with Crippen LogP contribution in [0.1, 0.15) is 112 Å². The highest BCUT2D eigenvalue weighted by Crippen LogP contribution is 2.42. The van der Waals surface area contributed by atoms with Crippen LogP contribution in [-0.4, -0.2) is 17.6 Å². The number of benzene rings is 3. The third-order valence-corrected chi connectivity index (χ3v) is 7.71. The molecule has 6 nitrogen and oxygen atoms in total. The van der Waals surface area contributed by atoms with Crippen LogP contribution < -0.4 is 9.62 Å². The van der Waals surface area contributed by atoms with E-state index in [-0.39, 0.29) is 35.0 Å². The van der Waals surface area contributed by atoms with E-state index in [0.717, 1.165) is 11.4 Å². The van der Waals surface area contributed by atoms with Crippen molar-refractivity contribution in [3.8, 4) is 0 Å². The second-order valence-electron chi connectivity index (χ2n) is 11.8. The van der Waals surface area contributed by atoms with E-state index in [1.54, 1.807) is 12.1 Å². The van der Waals surface area contributed by atoms with Crippen LogP contribution >= 0.6 is 0 Å². The van der Waals surface area contributed by atoms with Crippen molar-refractivity contribution in [3.63, 3.8) is 0 Å². The van der Waals surface area contributed by atoms with Crippen LogP contribution in [0.5, 0.6) is 0 Å². The van der Waals surface area contributed by atoms with Crippen LogP contribution in [0.4, 0.5) is 17.1 Å². The summed E-state index contributed by atoms with van der Waals surface area (Å²) >= 11 is 0. The van der Waals surface area contributed by atoms with E-state index < -0.39 is 11.9 Å². The molecule has 0 saturated carbocycles. The van der Waals surface area contributed by atoms with Gasteiger partial charge < -0.3 is 14.4 Å². The Morgan fingerprint density at radius 3 is 1.30 bits per heavy atom. The van der Waals surface area contributed by atoms with Gasteiger partial charge in [0.1, 0.15) is 0 Å². The zero-order valence-electron chi connectivity index (χ0n) is 24.9.